The van der Waals surface area contributed by atoms with Crippen molar-refractivity contribution in [1.29, 1.82) is 5.26 Å². The lowest BCUT2D eigenvalue weighted by Crippen LogP contribution is -2.24. The largest absolute Gasteiger partial charge is 0.376 e. The second kappa shape index (κ2) is 7.67. The molecule has 1 saturated heterocycles. The number of aryl methyl sites for hydroxylation is 1. The Morgan fingerprint density at radius 3 is 3.00 bits per heavy atom. The summed E-state index contributed by atoms with van der Waals surface area (Å²) in [6.07, 6.45) is 9.14. The van der Waals surface area contributed by atoms with E-state index in [4.69, 9.17) is 11.2 Å². The van der Waals surface area contributed by atoms with Crippen LogP contribution in [0.4, 0.5) is 0 Å². The topological polar surface area (TPSA) is 67.0 Å². The van der Waals surface area contributed by atoms with Gasteiger partial charge >= 0.3 is 0 Å². The molecule has 5 nitrogen and oxygen atoms in total. The van der Waals surface area contributed by atoms with Gasteiger partial charge in [-0.2, -0.15) is 5.26 Å². The molecule has 1 atom stereocenters. The molecule has 1 unspecified atom stereocenters. The number of hydrogen-bond donors (Lipinski definition) is 1. The van der Waals surface area contributed by atoms with Crippen molar-refractivity contribution in [2.45, 2.75) is 39.3 Å². The Kier molecular flexibility index (Phi) is 5.62. The first-order valence-corrected chi connectivity index (χ1v) is 7.68. The molecule has 2 rings (SSSR count). The predicted octanol–water partition coefficient (Wildman–Crippen LogP) is 1.94. The van der Waals surface area contributed by atoms with E-state index >= 15 is 0 Å². The number of aromatic nitrogens is 1. The summed E-state index contributed by atoms with van der Waals surface area (Å²) in [5.41, 5.74) is 3.03. The van der Waals surface area contributed by atoms with Crippen molar-refractivity contribution in [2.75, 3.05) is 13.2 Å². The summed E-state index contributed by atoms with van der Waals surface area (Å²) >= 11 is 0. The second-order valence-corrected chi connectivity index (χ2v) is 5.63. The lowest BCUT2D eigenvalue weighted by molar-refractivity contribution is -0.116. The van der Waals surface area contributed by atoms with Gasteiger partial charge in [0.15, 0.2) is 0 Å². The van der Waals surface area contributed by atoms with Crippen molar-refractivity contribution in [3.63, 3.8) is 0 Å². The average molecular weight is 311 g/mol. The van der Waals surface area contributed by atoms with E-state index in [0.29, 0.717) is 0 Å². The van der Waals surface area contributed by atoms with Crippen LogP contribution >= 0.6 is 0 Å². The zero-order valence-electron chi connectivity index (χ0n) is 13.6. The van der Waals surface area contributed by atoms with Gasteiger partial charge in [-0.1, -0.05) is 5.92 Å². The maximum atomic E-state index is 11.9. The number of ether oxygens (including phenoxy) is 1. The lowest BCUT2D eigenvalue weighted by Gasteiger charge is -2.14. The molecule has 5 heteroatoms. The molecule has 2 heterocycles. The molecule has 120 valence electrons. The summed E-state index contributed by atoms with van der Waals surface area (Å²) in [6, 6.07) is 3.92. The molecule has 0 bridgehead atoms. The highest BCUT2D eigenvalue weighted by Crippen LogP contribution is 2.22. The first-order chi connectivity index (χ1) is 11.1. The van der Waals surface area contributed by atoms with Crippen LogP contribution in [0, 0.1) is 37.5 Å². The Bertz CT molecular complexity index is 695. The molecule has 1 aromatic heterocycles. The summed E-state index contributed by atoms with van der Waals surface area (Å²) in [4.78, 5) is 11.9. The van der Waals surface area contributed by atoms with Crippen molar-refractivity contribution in [1.82, 2.24) is 9.88 Å². The molecular weight excluding hydrogens is 290 g/mol. The van der Waals surface area contributed by atoms with Gasteiger partial charge in [-0.05, 0) is 44.4 Å². The Hall–Kier alpha value is -2.50. The van der Waals surface area contributed by atoms with Crippen LogP contribution in [0.3, 0.4) is 0 Å². The highest BCUT2D eigenvalue weighted by molar-refractivity contribution is 6.01. The maximum Gasteiger partial charge on any atom is 0.262 e. The molecule has 0 aliphatic carbocycles. The molecule has 0 spiro atoms. The minimum Gasteiger partial charge on any atom is -0.376 e. The van der Waals surface area contributed by atoms with Crippen LogP contribution in [0.1, 0.15) is 29.8 Å². The molecule has 1 fully saturated rings. The third kappa shape index (κ3) is 4.03. The normalized spacial score (nSPS) is 17.6. The van der Waals surface area contributed by atoms with Gasteiger partial charge in [0.2, 0.25) is 0 Å². The summed E-state index contributed by atoms with van der Waals surface area (Å²) in [5.74, 6) is 1.87. The second-order valence-electron chi connectivity index (χ2n) is 5.63. The van der Waals surface area contributed by atoms with Gasteiger partial charge in [-0.25, -0.2) is 0 Å². The fourth-order valence-corrected chi connectivity index (χ4v) is 2.78. The third-order valence-corrected chi connectivity index (χ3v) is 4.04. The van der Waals surface area contributed by atoms with Gasteiger partial charge in [0.05, 0.1) is 12.6 Å². The number of nitrogens with one attached hydrogen (secondary N) is 1. The first kappa shape index (κ1) is 16.9. The maximum absolute atomic E-state index is 11.9. The van der Waals surface area contributed by atoms with Crippen molar-refractivity contribution in [3.8, 4) is 18.4 Å². The number of amides is 1. The standard InChI is InChI=1S/C18H21N3O2/c1-4-7-20-18(22)16(11-19)10-15-9-13(2)21(14(15)3)12-17-6-5-8-23-17/h1,9-10,17H,5-8,12H2,2-3H3,(H,20,22). The van der Waals surface area contributed by atoms with E-state index in [1.165, 1.54) is 0 Å². The average Bonchev–Trinajstić information content (AvgIpc) is 3.14. The number of rotatable bonds is 5. The van der Waals surface area contributed by atoms with E-state index in [1.54, 1.807) is 6.08 Å². The predicted molar refractivity (Wildman–Crippen MR) is 88.3 cm³/mol. The smallest absolute Gasteiger partial charge is 0.262 e. The molecule has 1 N–H and O–H groups in total. The van der Waals surface area contributed by atoms with Crippen LogP contribution in [-0.4, -0.2) is 29.7 Å². The molecule has 1 aliphatic heterocycles. The van der Waals surface area contributed by atoms with E-state index in [1.807, 2.05) is 26.0 Å². The van der Waals surface area contributed by atoms with Crippen molar-refractivity contribution in [2.24, 2.45) is 0 Å². The van der Waals surface area contributed by atoms with E-state index in [2.05, 4.69) is 15.8 Å². The third-order valence-electron chi connectivity index (χ3n) is 4.04. The summed E-state index contributed by atoms with van der Waals surface area (Å²) in [6.45, 7) is 5.74. The summed E-state index contributed by atoms with van der Waals surface area (Å²) in [5, 5.41) is 11.7. The lowest BCUT2D eigenvalue weighted by atomic mass is 10.1. The Morgan fingerprint density at radius 2 is 2.39 bits per heavy atom. The Morgan fingerprint density at radius 1 is 1.61 bits per heavy atom. The molecule has 23 heavy (non-hydrogen) atoms. The summed E-state index contributed by atoms with van der Waals surface area (Å²) < 4.78 is 7.87. The number of carbonyl (C=O) groups excluding carboxylic acids is 1. The van der Waals surface area contributed by atoms with Gasteiger partial charge in [0.1, 0.15) is 11.6 Å². The fraction of sp³-hybridized carbons (Fsp3) is 0.444. The molecule has 1 aromatic rings. The van der Waals surface area contributed by atoms with E-state index < -0.39 is 5.91 Å². The molecule has 1 amide bonds. The van der Waals surface area contributed by atoms with Crippen LogP contribution in [0.2, 0.25) is 0 Å². The van der Waals surface area contributed by atoms with Crippen LogP contribution < -0.4 is 5.32 Å². The minimum atomic E-state index is -0.450. The SMILES string of the molecule is C#CCNC(=O)C(C#N)=Cc1cc(C)n(CC2CCCO2)c1C. The number of carbonyl (C=O) groups is 1. The van der Waals surface area contributed by atoms with Crippen LogP contribution in [0.5, 0.6) is 0 Å². The van der Waals surface area contributed by atoms with Gasteiger partial charge in [-0.15, -0.1) is 6.42 Å². The fourth-order valence-electron chi connectivity index (χ4n) is 2.78. The monoisotopic (exact) mass is 311 g/mol. The zero-order chi connectivity index (χ0) is 16.8. The van der Waals surface area contributed by atoms with Crippen molar-refractivity contribution >= 4 is 12.0 Å². The van der Waals surface area contributed by atoms with Crippen LogP contribution in [0.25, 0.3) is 6.08 Å². The highest BCUT2D eigenvalue weighted by atomic mass is 16.5. The number of terminal acetylenes is 1. The van der Waals surface area contributed by atoms with Gasteiger partial charge < -0.3 is 14.6 Å². The van der Waals surface area contributed by atoms with E-state index in [0.717, 1.165) is 42.9 Å². The van der Waals surface area contributed by atoms with Crippen LogP contribution in [-0.2, 0) is 16.1 Å². The van der Waals surface area contributed by atoms with Gasteiger partial charge in [0, 0.05) is 24.5 Å². The highest BCUT2D eigenvalue weighted by Gasteiger charge is 2.19. The first-order valence-electron chi connectivity index (χ1n) is 7.68. The summed E-state index contributed by atoms with van der Waals surface area (Å²) in [7, 11) is 0. The molecule has 1 aliphatic rings. The quantitative estimate of drug-likeness (QED) is 0.513. The molecule has 0 aromatic carbocycles. The van der Waals surface area contributed by atoms with E-state index in [-0.39, 0.29) is 18.2 Å². The Balaban J connectivity index is 2.22. The van der Waals surface area contributed by atoms with Crippen molar-refractivity contribution in [3.05, 3.63) is 28.6 Å². The Labute approximate surface area is 136 Å². The van der Waals surface area contributed by atoms with Gasteiger partial charge in [0.25, 0.3) is 5.91 Å². The van der Waals surface area contributed by atoms with Crippen molar-refractivity contribution < 1.29 is 9.53 Å². The minimum absolute atomic E-state index is 0.0533. The number of nitrogens with zero attached hydrogens (tertiary/aromatic N) is 2. The number of hydrogen-bond acceptors (Lipinski definition) is 3. The molecular formula is C18H21N3O2. The zero-order valence-corrected chi connectivity index (χ0v) is 13.6. The molecule has 0 saturated carbocycles. The molecule has 0 radical (unpaired) electrons. The van der Waals surface area contributed by atoms with Crippen LogP contribution in [0.15, 0.2) is 11.6 Å². The van der Waals surface area contributed by atoms with E-state index in [9.17, 15) is 10.1 Å². The van der Waals surface area contributed by atoms with Gasteiger partial charge in [-0.3, -0.25) is 4.79 Å². The number of nitriles is 1.